The van der Waals surface area contributed by atoms with E-state index in [1.165, 1.54) is 11.1 Å². The molecule has 0 aliphatic rings. The molecule has 0 bridgehead atoms. The van der Waals surface area contributed by atoms with Gasteiger partial charge >= 0.3 is 0 Å². The van der Waals surface area contributed by atoms with Crippen molar-refractivity contribution < 1.29 is 4.74 Å². The average molecular weight is 326 g/mol. The van der Waals surface area contributed by atoms with E-state index in [0.29, 0.717) is 12.1 Å². The van der Waals surface area contributed by atoms with Crippen molar-refractivity contribution in [2.75, 3.05) is 27.2 Å². The average Bonchev–Trinajstić information content (AvgIpc) is 2.61. The molecule has 1 N–H and O–H groups in total. The van der Waals surface area contributed by atoms with E-state index in [1.54, 1.807) is 7.11 Å². The largest absolute Gasteiger partial charge is 0.496 e. The fourth-order valence-corrected chi connectivity index (χ4v) is 2.67. The SMILES string of the molecule is COc1ccccc1-c1ccc(C(C)NCCN(C)C(C)C)cc1. The number of likely N-dealkylation sites (N-methyl/N-ethyl adjacent to an activating group) is 1. The van der Waals surface area contributed by atoms with E-state index >= 15 is 0 Å². The maximum absolute atomic E-state index is 5.46. The molecule has 0 saturated carbocycles. The van der Waals surface area contributed by atoms with Crippen molar-refractivity contribution in [2.45, 2.75) is 32.9 Å². The molecule has 0 spiro atoms. The molecule has 0 fully saturated rings. The van der Waals surface area contributed by atoms with Crippen LogP contribution in [0.25, 0.3) is 11.1 Å². The van der Waals surface area contributed by atoms with Crippen LogP contribution in [0.3, 0.4) is 0 Å². The van der Waals surface area contributed by atoms with E-state index in [-0.39, 0.29) is 0 Å². The first kappa shape index (κ1) is 18.5. The van der Waals surface area contributed by atoms with Crippen molar-refractivity contribution in [3.05, 3.63) is 54.1 Å². The van der Waals surface area contributed by atoms with Gasteiger partial charge in [-0.15, -0.1) is 0 Å². The van der Waals surface area contributed by atoms with Crippen LogP contribution >= 0.6 is 0 Å². The molecule has 2 rings (SSSR count). The molecule has 2 aromatic rings. The number of hydrogen-bond donors (Lipinski definition) is 1. The maximum Gasteiger partial charge on any atom is 0.126 e. The zero-order valence-electron chi connectivity index (χ0n) is 15.5. The smallest absolute Gasteiger partial charge is 0.126 e. The Morgan fingerprint density at radius 3 is 2.29 bits per heavy atom. The predicted octanol–water partition coefficient (Wildman–Crippen LogP) is 4.35. The van der Waals surface area contributed by atoms with Crippen LogP contribution in [0.2, 0.25) is 0 Å². The molecule has 0 aromatic heterocycles. The Kier molecular flexibility index (Phi) is 6.83. The first-order valence-electron chi connectivity index (χ1n) is 8.70. The van der Waals surface area contributed by atoms with Gasteiger partial charge in [-0.25, -0.2) is 0 Å². The van der Waals surface area contributed by atoms with Gasteiger partial charge in [0.05, 0.1) is 7.11 Å². The summed E-state index contributed by atoms with van der Waals surface area (Å²) in [6.45, 7) is 8.71. The Labute approximate surface area is 146 Å². The van der Waals surface area contributed by atoms with Crippen LogP contribution in [-0.4, -0.2) is 38.2 Å². The van der Waals surface area contributed by atoms with Gasteiger partial charge in [0.25, 0.3) is 0 Å². The monoisotopic (exact) mass is 326 g/mol. The topological polar surface area (TPSA) is 24.5 Å². The molecular weight excluding hydrogens is 296 g/mol. The standard InChI is InChI=1S/C21H30N2O/c1-16(2)23(4)15-14-22-17(3)18-10-12-19(13-11-18)20-8-6-7-9-21(20)24-5/h6-13,16-17,22H,14-15H2,1-5H3. The van der Waals surface area contributed by atoms with Gasteiger partial charge in [0.15, 0.2) is 0 Å². The van der Waals surface area contributed by atoms with Crippen molar-refractivity contribution in [2.24, 2.45) is 0 Å². The highest BCUT2D eigenvalue weighted by molar-refractivity contribution is 5.70. The quantitative estimate of drug-likeness (QED) is 0.780. The highest BCUT2D eigenvalue weighted by Crippen LogP contribution is 2.30. The van der Waals surface area contributed by atoms with Gasteiger partial charge < -0.3 is 15.0 Å². The van der Waals surface area contributed by atoms with Gasteiger partial charge in [-0.1, -0.05) is 42.5 Å². The summed E-state index contributed by atoms with van der Waals surface area (Å²) in [5.74, 6) is 0.910. The Morgan fingerprint density at radius 2 is 1.67 bits per heavy atom. The first-order valence-corrected chi connectivity index (χ1v) is 8.70. The number of nitrogens with zero attached hydrogens (tertiary/aromatic N) is 1. The fourth-order valence-electron chi connectivity index (χ4n) is 2.67. The lowest BCUT2D eigenvalue weighted by Gasteiger charge is -2.22. The molecule has 1 unspecified atom stereocenters. The third-order valence-corrected chi connectivity index (χ3v) is 4.63. The lowest BCUT2D eigenvalue weighted by Crippen LogP contribution is -2.34. The van der Waals surface area contributed by atoms with Crippen LogP contribution in [0, 0.1) is 0 Å². The van der Waals surface area contributed by atoms with Gasteiger partial charge in [0.1, 0.15) is 5.75 Å². The molecule has 3 heteroatoms. The number of methoxy groups -OCH3 is 1. The molecular formula is C21H30N2O. The third kappa shape index (κ3) is 4.83. The van der Waals surface area contributed by atoms with Crippen molar-refractivity contribution in [1.29, 1.82) is 0 Å². The molecule has 0 aliphatic carbocycles. The summed E-state index contributed by atoms with van der Waals surface area (Å²) in [6, 6.07) is 17.8. The molecule has 0 heterocycles. The molecule has 2 aromatic carbocycles. The van der Waals surface area contributed by atoms with Crippen molar-refractivity contribution in [3.63, 3.8) is 0 Å². The van der Waals surface area contributed by atoms with E-state index in [1.807, 2.05) is 18.2 Å². The fraction of sp³-hybridized carbons (Fsp3) is 0.429. The molecule has 130 valence electrons. The Hall–Kier alpha value is -1.84. The summed E-state index contributed by atoms with van der Waals surface area (Å²) >= 11 is 0. The van der Waals surface area contributed by atoms with Gasteiger partial charge in [-0.05, 0) is 45.0 Å². The summed E-state index contributed by atoms with van der Waals surface area (Å²) in [4.78, 5) is 2.35. The normalized spacial score (nSPS) is 12.6. The number of hydrogen-bond acceptors (Lipinski definition) is 3. The van der Waals surface area contributed by atoms with E-state index in [2.05, 4.69) is 68.4 Å². The lowest BCUT2D eigenvalue weighted by atomic mass is 10.0. The summed E-state index contributed by atoms with van der Waals surface area (Å²) in [5.41, 5.74) is 3.62. The summed E-state index contributed by atoms with van der Waals surface area (Å²) in [5, 5.41) is 3.60. The molecule has 1 atom stereocenters. The number of nitrogens with one attached hydrogen (secondary N) is 1. The number of benzene rings is 2. The van der Waals surface area contributed by atoms with E-state index < -0.39 is 0 Å². The highest BCUT2D eigenvalue weighted by atomic mass is 16.5. The number of rotatable bonds is 8. The molecule has 24 heavy (non-hydrogen) atoms. The van der Waals surface area contributed by atoms with Crippen molar-refractivity contribution in [1.82, 2.24) is 10.2 Å². The van der Waals surface area contributed by atoms with Crippen LogP contribution in [0.4, 0.5) is 0 Å². The minimum atomic E-state index is 0.345. The van der Waals surface area contributed by atoms with E-state index in [9.17, 15) is 0 Å². The van der Waals surface area contributed by atoms with Crippen molar-refractivity contribution in [3.8, 4) is 16.9 Å². The maximum atomic E-state index is 5.46. The number of ether oxygens (including phenoxy) is 1. The van der Waals surface area contributed by atoms with Crippen LogP contribution in [0.5, 0.6) is 5.75 Å². The minimum absolute atomic E-state index is 0.345. The van der Waals surface area contributed by atoms with Gasteiger partial charge in [-0.2, -0.15) is 0 Å². The first-order chi connectivity index (χ1) is 11.5. The van der Waals surface area contributed by atoms with Gasteiger partial charge in [-0.3, -0.25) is 0 Å². The Morgan fingerprint density at radius 1 is 1.00 bits per heavy atom. The van der Waals surface area contributed by atoms with Crippen LogP contribution in [0.1, 0.15) is 32.4 Å². The molecule has 0 aliphatic heterocycles. The Balaban J connectivity index is 1.98. The third-order valence-electron chi connectivity index (χ3n) is 4.63. The van der Waals surface area contributed by atoms with E-state index in [4.69, 9.17) is 4.74 Å². The van der Waals surface area contributed by atoms with Crippen molar-refractivity contribution >= 4 is 0 Å². The lowest BCUT2D eigenvalue weighted by molar-refractivity contribution is 0.270. The second kappa shape index (κ2) is 8.86. The second-order valence-electron chi connectivity index (χ2n) is 6.57. The summed E-state index contributed by atoms with van der Waals surface area (Å²) in [7, 11) is 3.88. The summed E-state index contributed by atoms with van der Waals surface area (Å²) in [6.07, 6.45) is 0. The second-order valence-corrected chi connectivity index (χ2v) is 6.57. The predicted molar refractivity (Wildman–Crippen MR) is 103 cm³/mol. The molecule has 0 saturated heterocycles. The zero-order valence-corrected chi connectivity index (χ0v) is 15.5. The van der Waals surface area contributed by atoms with Crippen LogP contribution < -0.4 is 10.1 Å². The molecule has 0 radical (unpaired) electrons. The van der Waals surface area contributed by atoms with Crippen LogP contribution in [-0.2, 0) is 0 Å². The van der Waals surface area contributed by atoms with Gasteiger partial charge in [0.2, 0.25) is 0 Å². The summed E-state index contributed by atoms with van der Waals surface area (Å²) < 4.78 is 5.46. The van der Waals surface area contributed by atoms with E-state index in [0.717, 1.165) is 24.4 Å². The Bertz CT molecular complexity index is 622. The molecule has 3 nitrogen and oxygen atoms in total. The highest BCUT2D eigenvalue weighted by Gasteiger charge is 2.09. The zero-order chi connectivity index (χ0) is 17.5. The molecule has 0 amide bonds. The van der Waals surface area contributed by atoms with Gasteiger partial charge in [0, 0.05) is 30.7 Å². The van der Waals surface area contributed by atoms with Crippen LogP contribution in [0.15, 0.2) is 48.5 Å². The number of para-hydroxylation sites is 1. The minimum Gasteiger partial charge on any atom is -0.496 e.